The lowest BCUT2D eigenvalue weighted by Crippen LogP contribution is -2.17. The number of para-hydroxylation sites is 1. The predicted octanol–water partition coefficient (Wildman–Crippen LogP) is 13.3. The third-order valence-electron chi connectivity index (χ3n) is 9.98. The van der Waals surface area contributed by atoms with Gasteiger partial charge in [0.25, 0.3) is 0 Å². The van der Waals surface area contributed by atoms with Crippen LogP contribution in [0.4, 0.5) is 17.1 Å². The van der Waals surface area contributed by atoms with Crippen LogP contribution in [0.3, 0.4) is 0 Å². The SMILES string of the molecule is CC1(C)c2ccccc2-c2ccc(N(c3ccc(-c4ccsc4Br)cc3)c3cc4c(c(-c5ccccc5)c3)Cc3ccccc3O4)cc21. The van der Waals surface area contributed by atoms with Gasteiger partial charge in [-0.3, -0.25) is 0 Å². The van der Waals surface area contributed by atoms with Gasteiger partial charge in [-0.25, -0.2) is 0 Å². The number of benzene rings is 6. The fraction of sp³-hybridized carbons (Fsp3) is 0.0909. The number of nitrogens with zero attached hydrogens (tertiary/aromatic N) is 1. The predicted molar refractivity (Wildman–Crippen MR) is 204 cm³/mol. The lowest BCUT2D eigenvalue weighted by molar-refractivity contribution is 0.460. The van der Waals surface area contributed by atoms with Gasteiger partial charge in [-0.1, -0.05) is 105 Å². The quantitative estimate of drug-likeness (QED) is 0.177. The summed E-state index contributed by atoms with van der Waals surface area (Å²) in [6, 6.07) is 50.6. The summed E-state index contributed by atoms with van der Waals surface area (Å²) in [4.78, 5) is 2.39. The zero-order valence-electron chi connectivity index (χ0n) is 26.7. The zero-order valence-corrected chi connectivity index (χ0v) is 29.1. The van der Waals surface area contributed by atoms with Gasteiger partial charge >= 0.3 is 0 Å². The molecule has 0 saturated carbocycles. The van der Waals surface area contributed by atoms with Crippen LogP contribution in [0.25, 0.3) is 33.4 Å². The monoisotopic (exact) mass is 701 g/mol. The number of fused-ring (bicyclic) bond motifs is 5. The van der Waals surface area contributed by atoms with E-state index >= 15 is 0 Å². The first-order valence-corrected chi connectivity index (χ1v) is 18.0. The second-order valence-electron chi connectivity index (χ2n) is 13.1. The number of ether oxygens (including phenoxy) is 1. The lowest BCUT2D eigenvalue weighted by Gasteiger charge is -2.31. The van der Waals surface area contributed by atoms with Crippen LogP contribution >= 0.6 is 27.3 Å². The van der Waals surface area contributed by atoms with E-state index in [-0.39, 0.29) is 5.41 Å². The second-order valence-corrected chi connectivity index (χ2v) is 15.3. The van der Waals surface area contributed by atoms with E-state index < -0.39 is 0 Å². The molecule has 0 bridgehead atoms. The van der Waals surface area contributed by atoms with Crippen LogP contribution in [-0.2, 0) is 11.8 Å². The highest BCUT2D eigenvalue weighted by Crippen LogP contribution is 2.52. The van der Waals surface area contributed by atoms with Crippen LogP contribution in [0.2, 0.25) is 0 Å². The Balaban J connectivity index is 1.25. The second kappa shape index (κ2) is 11.4. The fourth-order valence-corrected chi connectivity index (χ4v) is 8.86. The van der Waals surface area contributed by atoms with Crippen molar-refractivity contribution in [1.29, 1.82) is 0 Å². The third-order valence-corrected chi connectivity index (χ3v) is 11.7. The van der Waals surface area contributed by atoms with Gasteiger partial charge in [-0.15, -0.1) is 11.3 Å². The Kier molecular flexibility index (Phi) is 6.93. The summed E-state index contributed by atoms with van der Waals surface area (Å²) < 4.78 is 7.85. The largest absolute Gasteiger partial charge is 0.457 e. The maximum atomic E-state index is 6.70. The summed E-state index contributed by atoms with van der Waals surface area (Å²) in [5.41, 5.74) is 15.7. The first kappa shape index (κ1) is 29.3. The summed E-state index contributed by atoms with van der Waals surface area (Å²) in [5.74, 6) is 1.83. The van der Waals surface area contributed by atoms with Crippen molar-refractivity contribution < 1.29 is 4.74 Å². The van der Waals surface area contributed by atoms with Gasteiger partial charge in [0.1, 0.15) is 11.5 Å². The average Bonchev–Trinajstić information content (AvgIpc) is 3.65. The van der Waals surface area contributed by atoms with E-state index in [0.717, 1.165) is 38.8 Å². The summed E-state index contributed by atoms with van der Waals surface area (Å²) >= 11 is 5.46. The van der Waals surface area contributed by atoms with Gasteiger partial charge < -0.3 is 9.64 Å². The number of anilines is 3. The molecule has 0 spiro atoms. The fourth-order valence-electron chi connectivity index (χ4n) is 7.54. The topological polar surface area (TPSA) is 12.5 Å². The molecule has 2 heterocycles. The lowest BCUT2D eigenvalue weighted by atomic mass is 9.82. The van der Waals surface area contributed by atoms with E-state index in [4.69, 9.17) is 4.74 Å². The van der Waals surface area contributed by atoms with Crippen LogP contribution in [0, 0.1) is 0 Å². The smallest absolute Gasteiger partial charge is 0.133 e. The molecule has 2 nitrogen and oxygen atoms in total. The molecule has 9 rings (SSSR count). The number of hydrogen-bond donors (Lipinski definition) is 0. The Morgan fingerprint density at radius 1 is 0.583 bits per heavy atom. The number of halogens is 1. The van der Waals surface area contributed by atoms with Crippen molar-refractivity contribution in [2.24, 2.45) is 0 Å². The minimum absolute atomic E-state index is 0.111. The number of rotatable bonds is 5. The van der Waals surface area contributed by atoms with Gasteiger partial charge in [0, 0.05) is 40.4 Å². The molecule has 0 N–H and O–H groups in total. The number of hydrogen-bond acceptors (Lipinski definition) is 3. The van der Waals surface area contributed by atoms with Gasteiger partial charge in [0.2, 0.25) is 0 Å². The minimum atomic E-state index is -0.111. The van der Waals surface area contributed by atoms with Crippen molar-refractivity contribution in [2.45, 2.75) is 25.7 Å². The molecule has 0 amide bonds. The van der Waals surface area contributed by atoms with Crippen molar-refractivity contribution in [3.05, 3.63) is 171 Å². The van der Waals surface area contributed by atoms with E-state index in [1.54, 1.807) is 11.3 Å². The van der Waals surface area contributed by atoms with Gasteiger partial charge in [-0.05, 0) is 108 Å². The normalized spacial score (nSPS) is 13.6. The van der Waals surface area contributed by atoms with Gasteiger partial charge in [0.05, 0.1) is 9.47 Å². The highest BCUT2D eigenvalue weighted by molar-refractivity contribution is 9.11. The molecule has 0 radical (unpaired) electrons. The molecule has 2 aliphatic rings. The Hall–Kier alpha value is -4.90. The van der Waals surface area contributed by atoms with Crippen molar-refractivity contribution >= 4 is 44.3 Å². The molecule has 4 heteroatoms. The Morgan fingerprint density at radius 3 is 2.10 bits per heavy atom. The average molecular weight is 703 g/mol. The van der Waals surface area contributed by atoms with Crippen LogP contribution in [0.1, 0.15) is 36.1 Å². The van der Waals surface area contributed by atoms with Crippen molar-refractivity contribution in [2.75, 3.05) is 4.90 Å². The van der Waals surface area contributed by atoms with Crippen LogP contribution in [-0.4, -0.2) is 0 Å². The molecule has 1 aromatic heterocycles. The molecule has 1 aliphatic carbocycles. The summed E-state index contributed by atoms with van der Waals surface area (Å²) in [6.45, 7) is 4.69. The maximum Gasteiger partial charge on any atom is 0.133 e. The van der Waals surface area contributed by atoms with E-state index in [2.05, 4.69) is 180 Å². The van der Waals surface area contributed by atoms with Crippen molar-refractivity contribution in [3.63, 3.8) is 0 Å². The molecule has 1 aliphatic heterocycles. The highest BCUT2D eigenvalue weighted by Gasteiger charge is 2.36. The summed E-state index contributed by atoms with van der Waals surface area (Å²) in [7, 11) is 0. The molecular formula is C44H32BrNOS. The van der Waals surface area contributed by atoms with Crippen LogP contribution < -0.4 is 9.64 Å². The van der Waals surface area contributed by atoms with E-state index in [1.165, 1.54) is 55.6 Å². The van der Waals surface area contributed by atoms with Crippen LogP contribution in [0.15, 0.2) is 149 Å². The Labute approximate surface area is 294 Å². The number of thiophene rings is 1. The molecule has 0 unspecified atom stereocenters. The molecule has 0 fully saturated rings. The van der Waals surface area contributed by atoms with Crippen molar-refractivity contribution in [3.8, 4) is 44.9 Å². The highest BCUT2D eigenvalue weighted by atomic mass is 79.9. The summed E-state index contributed by atoms with van der Waals surface area (Å²) in [5, 5.41) is 2.13. The first-order valence-electron chi connectivity index (χ1n) is 16.3. The molecule has 48 heavy (non-hydrogen) atoms. The summed E-state index contributed by atoms with van der Waals surface area (Å²) in [6.07, 6.45) is 0.825. The van der Waals surface area contributed by atoms with Crippen LogP contribution in [0.5, 0.6) is 11.5 Å². The zero-order chi connectivity index (χ0) is 32.4. The van der Waals surface area contributed by atoms with Gasteiger partial charge in [0.15, 0.2) is 0 Å². The first-order chi connectivity index (χ1) is 23.5. The standard InChI is InChI=1S/C44H32BrNOS/c1-44(2)39-14-8-7-13-35(39)36-21-20-32(26-40(36)44)46(31-18-16-29(17-19-31)34-22-23-48-43(34)45)33-25-37(28-10-4-3-5-11-28)38-24-30-12-6-9-15-41(30)47-42(38)27-33/h3-23,25-27H,24H2,1-2H3. The van der Waals surface area contributed by atoms with Crippen molar-refractivity contribution in [1.82, 2.24) is 0 Å². The third kappa shape index (κ3) is 4.74. The maximum absolute atomic E-state index is 6.70. The van der Waals surface area contributed by atoms with E-state index in [9.17, 15) is 0 Å². The molecule has 232 valence electrons. The Bertz CT molecular complexity index is 2340. The molecular weight excluding hydrogens is 670 g/mol. The Morgan fingerprint density at radius 2 is 1.29 bits per heavy atom. The molecule has 0 atom stereocenters. The molecule has 0 saturated heterocycles. The van der Waals surface area contributed by atoms with E-state index in [1.807, 2.05) is 0 Å². The minimum Gasteiger partial charge on any atom is -0.457 e. The molecule has 6 aromatic carbocycles. The molecule has 7 aromatic rings. The van der Waals surface area contributed by atoms with Gasteiger partial charge in [-0.2, -0.15) is 0 Å². The van der Waals surface area contributed by atoms with E-state index in [0.29, 0.717) is 0 Å².